The van der Waals surface area contributed by atoms with Gasteiger partial charge in [0.2, 0.25) is 5.76 Å². The second-order valence-electron chi connectivity index (χ2n) is 7.11. The molecule has 180 valence electrons. The Kier molecular flexibility index (Phi) is 6.78. The van der Waals surface area contributed by atoms with E-state index in [9.17, 15) is 24.3 Å². The number of hydrogen-bond acceptors (Lipinski definition) is 10. The maximum atomic E-state index is 12.3. The molecule has 1 N–H and O–H groups in total. The number of ether oxygens (including phenoxy) is 3. The molecule has 2 aromatic carbocycles. The van der Waals surface area contributed by atoms with E-state index in [0.717, 1.165) is 12.1 Å². The number of carboxylic acid groups (broad SMARTS) is 2. The topological polar surface area (TPSA) is 166 Å². The SMILES string of the molecule is O=C([O-])c1cc(=O)c2c(OCCOCCOc3cccc4oc(C(=O)O)cc(=O)c34)cccc2o1. The third-order valence-corrected chi connectivity index (χ3v) is 4.82. The summed E-state index contributed by atoms with van der Waals surface area (Å²) in [5, 5.41) is 20.2. The van der Waals surface area contributed by atoms with E-state index in [1.54, 1.807) is 24.3 Å². The monoisotopic (exact) mass is 481 g/mol. The molecule has 0 amide bonds. The fourth-order valence-corrected chi connectivity index (χ4v) is 3.33. The lowest BCUT2D eigenvalue weighted by Crippen LogP contribution is -2.23. The van der Waals surface area contributed by atoms with Crippen molar-refractivity contribution in [3.05, 3.63) is 80.5 Å². The average Bonchev–Trinajstić information content (AvgIpc) is 2.82. The molecular weight excluding hydrogens is 464 g/mol. The van der Waals surface area contributed by atoms with Gasteiger partial charge < -0.3 is 38.1 Å². The van der Waals surface area contributed by atoms with Crippen molar-refractivity contribution < 1.29 is 42.8 Å². The standard InChI is InChI=1S/C24H18O11/c25-13-11-19(23(27)28)34-17-5-1-3-15(21(13)17)32-9-7-31-8-10-33-16-4-2-6-18-22(16)14(26)12-20(35-18)24(29)30/h1-6,11-12H,7-10H2,(H,27,28)(H,29,30)/p-1. The Balaban J connectivity index is 1.31. The van der Waals surface area contributed by atoms with E-state index in [1.807, 2.05) is 0 Å². The van der Waals surface area contributed by atoms with E-state index in [2.05, 4.69) is 0 Å². The van der Waals surface area contributed by atoms with Crippen LogP contribution in [-0.2, 0) is 4.74 Å². The summed E-state index contributed by atoms with van der Waals surface area (Å²) in [4.78, 5) is 46.6. The predicted molar refractivity (Wildman–Crippen MR) is 118 cm³/mol. The number of rotatable bonds is 10. The summed E-state index contributed by atoms with van der Waals surface area (Å²) < 4.78 is 27.0. The van der Waals surface area contributed by atoms with Gasteiger partial charge in [-0.15, -0.1) is 0 Å². The minimum atomic E-state index is -1.60. The lowest BCUT2D eigenvalue weighted by molar-refractivity contribution is -0.257. The molecule has 0 aliphatic heterocycles. The van der Waals surface area contributed by atoms with Crippen LogP contribution in [0.25, 0.3) is 21.9 Å². The van der Waals surface area contributed by atoms with Gasteiger partial charge >= 0.3 is 5.97 Å². The fourth-order valence-electron chi connectivity index (χ4n) is 3.33. The van der Waals surface area contributed by atoms with Crippen molar-refractivity contribution in [1.82, 2.24) is 0 Å². The second kappa shape index (κ2) is 10.1. The highest BCUT2D eigenvalue weighted by molar-refractivity contribution is 5.90. The fraction of sp³-hybridized carbons (Fsp3) is 0.167. The first-order valence-corrected chi connectivity index (χ1v) is 10.3. The van der Waals surface area contributed by atoms with Crippen molar-refractivity contribution in [3.63, 3.8) is 0 Å². The Morgan fingerprint density at radius 2 is 1.26 bits per heavy atom. The summed E-state index contributed by atoms with van der Waals surface area (Å²) in [6.45, 7) is 0.451. The second-order valence-corrected chi connectivity index (χ2v) is 7.11. The molecule has 0 spiro atoms. The van der Waals surface area contributed by atoms with E-state index >= 15 is 0 Å². The number of fused-ring (bicyclic) bond motifs is 2. The van der Waals surface area contributed by atoms with Crippen LogP contribution in [0.3, 0.4) is 0 Å². The van der Waals surface area contributed by atoms with Gasteiger partial charge in [-0.2, -0.15) is 0 Å². The minimum Gasteiger partial charge on any atom is -0.542 e. The molecule has 2 aromatic heterocycles. The van der Waals surface area contributed by atoms with Crippen LogP contribution in [0.1, 0.15) is 21.1 Å². The summed E-state index contributed by atoms with van der Waals surface area (Å²) in [6, 6.07) is 10.8. The molecule has 0 saturated heterocycles. The van der Waals surface area contributed by atoms with Crippen molar-refractivity contribution in [2.45, 2.75) is 0 Å². The molecule has 11 nitrogen and oxygen atoms in total. The smallest absolute Gasteiger partial charge is 0.371 e. The molecule has 4 rings (SSSR count). The van der Waals surface area contributed by atoms with E-state index in [4.69, 9.17) is 28.2 Å². The van der Waals surface area contributed by atoms with Crippen LogP contribution in [-0.4, -0.2) is 43.5 Å². The maximum Gasteiger partial charge on any atom is 0.371 e. The molecule has 0 bridgehead atoms. The molecule has 11 heteroatoms. The summed E-state index contributed by atoms with van der Waals surface area (Å²) in [5.74, 6) is -3.55. The van der Waals surface area contributed by atoms with Crippen LogP contribution >= 0.6 is 0 Å². The molecule has 0 saturated carbocycles. The van der Waals surface area contributed by atoms with E-state index in [-0.39, 0.29) is 59.9 Å². The number of hydrogen-bond donors (Lipinski definition) is 1. The zero-order valence-electron chi connectivity index (χ0n) is 18.0. The van der Waals surface area contributed by atoms with Gasteiger partial charge in [0.1, 0.15) is 52.6 Å². The third kappa shape index (κ3) is 5.14. The highest BCUT2D eigenvalue weighted by Crippen LogP contribution is 2.24. The van der Waals surface area contributed by atoms with Crippen LogP contribution < -0.4 is 25.4 Å². The van der Waals surface area contributed by atoms with Crippen molar-refractivity contribution in [3.8, 4) is 11.5 Å². The Labute approximate surface area is 195 Å². The zero-order chi connectivity index (χ0) is 24.9. The average molecular weight is 481 g/mol. The Morgan fingerprint density at radius 3 is 1.74 bits per heavy atom. The number of carbonyl (C=O) groups is 2. The van der Waals surface area contributed by atoms with Crippen molar-refractivity contribution in [2.24, 2.45) is 0 Å². The number of aromatic carboxylic acids is 2. The minimum absolute atomic E-state index is 0.0542. The van der Waals surface area contributed by atoms with Gasteiger partial charge in [-0.1, -0.05) is 12.1 Å². The summed E-state index contributed by atoms with van der Waals surface area (Å²) in [5.41, 5.74) is -0.975. The Hall–Kier alpha value is -4.64. The van der Waals surface area contributed by atoms with Gasteiger partial charge in [0, 0.05) is 12.1 Å². The number of carbonyl (C=O) groups excluding carboxylic acids is 1. The van der Waals surface area contributed by atoms with Crippen molar-refractivity contribution in [2.75, 3.05) is 26.4 Å². The summed E-state index contributed by atoms with van der Waals surface area (Å²) in [7, 11) is 0. The first-order valence-electron chi connectivity index (χ1n) is 10.3. The quantitative estimate of drug-likeness (QED) is 0.326. The van der Waals surface area contributed by atoms with Gasteiger partial charge in [-0.25, -0.2) is 4.79 Å². The third-order valence-electron chi connectivity index (χ3n) is 4.82. The largest absolute Gasteiger partial charge is 0.542 e. The summed E-state index contributed by atoms with van der Waals surface area (Å²) in [6.07, 6.45) is 0. The molecule has 0 radical (unpaired) electrons. The molecular formula is C24H17O11-. The highest BCUT2D eigenvalue weighted by atomic mass is 16.5. The normalized spacial score (nSPS) is 11.0. The lowest BCUT2D eigenvalue weighted by atomic mass is 10.2. The molecule has 0 unspecified atom stereocenters. The van der Waals surface area contributed by atoms with Crippen LogP contribution in [0.15, 0.2) is 67.0 Å². The first-order chi connectivity index (χ1) is 16.8. The summed E-state index contributed by atoms with van der Waals surface area (Å²) >= 11 is 0. The van der Waals surface area contributed by atoms with Crippen LogP contribution in [0.4, 0.5) is 0 Å². The van der Waals surface area contributed by atoms with E-state index in [1.165, 1.54) is 12.1 Å². The van der Waals surface area contributed by atoms with Crippen LogP contribution in [0, 0.1) is 0 Å². The lowest BCUT2D eigenvalue weighted by Gasteiger charge is -2.11. The zero-order valence-corrected chi connectivity index (χ0v) is 18.0. The van der Waals surface area contributed by atoms with Crippen molar-refractivity contribution >= 4 is 33.9 Å². The molecule has 35 heavy (non-hydrogen) atoms. The van der Waals surface area contributed by atoms with Gasteiger partial charge in [-0.3, -0.25) is 9.59 Å². The predicted octanol–water partition coefficient (Wildman–Crippen LogP) is 1.44. The highest BCUT2D eigenvalue weighted by Gasteiger charge is 2.14. The Bertz CT molecular complexity index is 1420. The molecule has 2 heterocycles. The van der Waals surface area contributed by atoms with Gasteiger partial charge in [-0.05, 0) is 24.3 Å². The maximum absolute atomic E-state index is 12.3. The number of carboxylic acids is 2. The van der Waals surface area contributed by atoms with Gasteiger partial charge in [0.05, 0.1) is 13.2 Å². The van der Waals surface area contributed by atoms with Crippen LogP contribution in [0.2, 0.25) is 0 Å². The van der Waals surface area contributed by atoms with Crippen LogP contribution in [0.5, 0.6) is 11.5 Å². The molecule has 0 fully saturated rings. The Morgan fingerprint density at radius 1 is 0.771 bits per heavy atom. The number of benzene rings is 2. The van der Waals surface area contributed by atoms with E-state index in [0.29, 0.717) is 0 Å². The first kappa shape index (κ1) is 23.5. The van der Waals surface area contributed by atoms with E-state index < -0.39 is 34.3 Å². The van der Waals surface area contributed by atoms with Gasteiger partial charge in [0.25, 0.3) is 0 Å². The molecule has 0 aliphatic rings. The molecule has 0 atom stereocenters. The van der Waals surface area contributed by atoms with Gasteiger partial charge in [0.15, 0.2) is 16.6 Å². The van der Waals surface area contributed by atoms with Crippen molar-refractivity contribution in [1.29, 1.82) is 0 Å². The molecule has 4 aromatic rings. The molecule has 0 aliphatic carbocycles.